The van der Waals surface area contributed by atoms with Gasteiger partial charge < -0.3 is 10.4 Å². The molecule has 3 nitrogen and oxygen atoms in total. The van der Waals surface area contributed by atoms with Crippen LogP contribution in [0, 0.1) is 20.8 Å². The minimum Gasteiger partial charge on any atom is -0.508 e. The lowest BCUT2D eigenvalue weighted by atomic mass is 10.1. The summed E-state index contributed by atoms with van der Waals surface area (Å²) in [6.07, 6.45) is 1.17. The van der Waals surface area contributed by atoms with Gasteiger partial charge in [0.1, 0.15) is 5.75 Å². The van der Waals surface area contributed by atoms with Crippen LogP contribution in [0.5, 0.6) is 5.75 Å². The zero-order valence-corrected chi connectivity index (χ0v) is 12.7. The molecule has 0 unspecified atom stereocenters. The van der Waals surface area contributed by atoms with Gasteiger partial charge >= 0.3 is 0 Å². The van der Waals surface area contributed by atoms with Crippen molar-refractivity contribution in [2.24, 2.45) is 0 Å². The van der Waals surface area contributed by atoms with Gasteiger partial charge in [0.2, 0.25) is 5.91 Å². The van der Waals surface area contributed by atoms with Gasteiger partial charge in [0.15, 0.2) is 0 Å². The van der Waals surface area contributed by atoms with Crippen LogP contribution in [-0.2, 0) is 11.2 Å². The Hall–Kier alpha value is -2.29. The molecule has 0 aromatic heterocycles. The number of benzene rings is 2. The second kappa shape index (κ2) is 6.44. The van der Waals surface area contributed by atoms with Crippen molar-refractivity contribution in [1.82, 2.24) is 0 Å². The molecule has 0 atom stereocenters. The van der Waals surface area contributed by atoms with E-state index in [4.69, 9.17) is 0 Å². The quantitative estimate of drug-likeness (QED) is 0.836. The largest absolute Gasteiger partial charge is 0.508 e. The number of anilines is 1. The van der Waals surface area contributed by atoms with Crippen LogP contribution in [0.4, 0.5) is 5.69 Å². The van der Waals surface area contributed by atoms with Gasteiger partial charge in [0.05, 0.1) is 0 Å². The van der Waals surface area contributed by atoms with Crippen molar-refractivity contribution < 1.29 is 9.90 Å². The molecule has 110 valence electrons. The van der Waals surface area contributed by atoms with E-state index in [0.29, 0.717) is 6.42 Å². The van der Waals surface area contributed by atoms with E-state index in [1.165, 1.54) is 5.56 Å². The van der Waals surface area contributed by atoms with Crippen LogP contribution in [0.3, 0.4) is 0 Å². The number of aryl methyl sites for hydroxylation is 4. The van der Waals surface area contributed by atoms with Crippen LogP contribution in [-0.4, -0.2) is 11.0 Å². The molecule has 0 saturated heterocycles. The molecule has 0 aliphatic rings. The lowest BCUT2D eigenvalue weighted by molar-refractivity contribution is -0.116. The second-order valence-corrected chi connectivity index (χ2v) is 5.49. The molecule has 0 fully saturated rings. The third-order valence-electron chi connectivity index (χ3n) is 3.58. The Morgan fingerprint density at radius 2 is 1.71 bits per heavy atom. The SMILES string of the molecule is Cc1ccc(CCC(=O)Nc2cc(C)c(O)cc2C)cc1. The van der Waals surface area contributed by atoms with Crippen LogP contribution in [0.2, 0.25) is 0 Å². The van der Waals surface area contributed by atoms with Gasteiger partial charge in [-0.1, -0.05) is 29.8 Å². The van der Waals surface area contributed by atoms with E-state index in [9.17, 15) is 9.90 Å². The average Bonchev–Trinajstić information content (AvgIpc) is 2.44. The molecule has 0 heterocycles. The van der Waals surface area contributed by atoms with Crippen LogP contribution in [0.15, 0.2) is 36.4 Å². The molecule has 0 saturated carbocycles. The van der Waals surface area contributed by atoms with Crippen molar-refractivity contribution in [1.29, 1.82) is 0 Å². The van der Waals surface area contributed by atoms with Crippen molar-refractivity contribution in [3.8, 4) is 5.75 Å². The molecule has 21 heavy (non-hydrogen) atoms. The van der Waals surface area contributed by atoms with Gasteiger partial charge in [0.25, 0.3) is 0 Å². The molecule has 0 spiro atoms. The summed E-state index contributed by atoms with van der Waals surface area (Å²) in [5.41, 5.74) is 4.77. The van der Waals surface area contributed by atoms with Crippen LogP contribution >= 0.6 is 0 Å². The van der Waals surface area contributed by atoms with Crippen molar-refractivity contribution in [3.05, 3.63) is 58.7 Å². The number of aromatic hydroxyl groups is 1. The summed E-state index contributed by atoms with van der Waals surface area (Å²) in [4.78, 5) is 12.0. The normalized spacial score (nSPS) is 10.4. The summed E-state index contributed by atoms with van der Waals surface area (Å²) in [6, 6.07) is 11.7. The highest BCUT2D eigenvalue weighted by atomic mass is 16.3. The summed E-state index contributed by atoms with van der Waals surface area (Å²) in [7, 11) is 0. The number of rotatable bonds is 4. The lowest BCUT2D eigenvalue weighted by Crippen LogP contribution is -2.13. The highest BCUT2D eigenvalue weighted by Gasteiger charge is 2.08. The molecule has 1 amide bonds. The van der Waals surface area contributed by atoms with Crippen molar-refractivity contribution in [3.63, 3.8) is 0 Å². The smallest absolute Gasteiger partial charge is 0.224 e. The van der Waals surface area contributed by atoms with Gasteiger partial charge in [-0.15, -0.1) is 0 Å². The van der Waals surface area contributed by atoms with E-state index < -0.39 is 0 Å². The lowest BCUT2D eigenvalue weighted by Gasteiger charge is -2.10. The second-order valence-electron chi connectivity index (χ2n) is 5.49. The van der Waals surface area contributed by atoms with Gasteiger partial charge in [-0.05, 0) is 56.0 Å². The Balaban J connectivity index is 1.96. The van der Waals surface area contributed by atoms with Gasteiger partial charge in [-0.2, -0.15) is 0 Å². The summed E-state index contributed by atoms with van der Waals surface area (Å²) >= 11 is 0. The Morgan fingerprint density at radius 3 is 2.38 bits per heavy atom. The van der Waals surface area contributed by atoms with E-state index >= 15 is 0 Å². The van der Waals surface area contributed by atoms with Gasteiger partial charge in [0, 0.05) is 12.1 Å². The van der Waals surface area contributed by atoms with Crippen LogP contribution in [0.1, 0.15) is 28.7 Å². The number of carbonyl (C=O) groups is 1. The first-order valence-corrected chi connectivity index (χ1v) is 7.11. The van der Waals surface area contributed by atoms with Crippen LogP contribution < -0.4 is 5.32 Å². The monoisotopic (exact) mass is 283 g/mol. The first-order chi connectivity index (χ1) is 9.95. The Bertz CT molecular complexity index is 645. The number of phenols is 1. The van der Waals surface area contributed by atoms with E-state index in [1.54, 1.807) is 12.1 Å². The summed E-state index contributed by atoms with van der Waals surface area (Å²) in [5, 5.41) is 12.5. The third-order valence-corrected chi connectivity index (χ3v) is 3.58. The van der Waals surface area contributed by atoms with E-state index in [-0.39, 0.29) is 11.7 Å². The molecule has 2 aromatic carbocycles. The Kier molecular flexibility index (Phi) is 4.63. The molecule has 0 radical (unpaired) electrons. The molecule has 3 heteroatoms. The highest BCUT2D eigenvalue weighted by Crippen LogP contribution is 2.25. The predicted molar refractivity (Wildman–Crippen MR) is 85.7 cm³/mol. The number of hydrogen-bond acceptors (Lipinski definition) is 2. The molecular weight excluding hydrogens is 262 g/mol. The minimum atomic E-state index is -0.0104. The topological polar surface area (TPSA) is 49.3 Å². The van der Waals surface area contributed by atoms with Gasteiger partial charge in [-0.3, -0.25) is 4.79 Å². The molecule has 2 rings (SSSR count). The molecule has 2 aromatic rings. The van der Waals surface area contributed by atoms with E-state index in [1.807, 2.05) is 20.8 Å². The van der Waals surface area contributed by atoms with Crippen molar-refractivity contribution in [2.45, 2.75) is 33.6 Å². The minimum absolute atomic E-state index is 0.0104. The van der Waals surface area contributed by atoms with Crippen LogP contribution in [0.25, 0.3) is 0 Å². The van der Waals surface area contributed by atoms with Gasteiger partial charge in [-0.25, -0.2) is 0 Å². The fraction of sp³-hybridized carbons (Fsp3) is 0.278. The molecule has 0 aliphatic carbocycles. The molecule has 0 aliphatic heterocycles. The molecule has 2 N–H and O–H groups in total. The highest BCUT2D eigenvalue weighted by molar-refractivity contribution is 5.91. The maximum Gasteiger partial charge on any atom is 0.224 e. The van der Waals surface area contributed by atoms with E-state index in [0.717, 1.165) is 28.8 Å². The predicted octanol–water partition coefficient (Wildman–Crippen LogP) is 3.89. The third kappa shape index (κ3) is 4.09. The standard InChI is InChI=1S/C18H21NO2/c1-12-4-6-15(7-5-12)8-9-18(21)19-16-10-14(3)17(20)11-13(16)2/h4-7,10-11,20H,8-9H2,1-3H3,(H,19,21). The summed E-state index contributed by atoms with van der Waals surface area (Å²) in [6.45, 7) is 5.73. The maximum atomic E-state index is 12.0. The molecular formula is C18H21NO2. The number of amides is 1. The Morgan fingerprint density at radius 1 is 1.05 bits per heavy atom. The number of hydrogen-bond donors (Lipinski definition) is 2. The average molecular weight is 283 g/mol. The van der Waals surface area contributed by atoms with Crippen molar-refractivity contribution in [2.75, 3.05) is 5.32 Å². The maximum absolute atomic E-state index is 12.0. The number of carbonyl (C=O) groups excluding carboxylic acids is 1. The number of nitrogens with one attached hydrogen (secondary N) is 1. The first kappa shape index (κ1) is 15.1. The molecule has 0 bridgehead atoms. The summed E-state index contributed by atoms with van der Waals surface area (Å²) in [5.74, 6) is 0.244. The fourth-order valence-electron chi connectivity index (χ4n) is 2.16. The van der Waals surface area contributed by atoms with Crippen molar-refractivity contribution >= 4 is 11.6 Å². The fourth-order valence-corrected chi connectivity index (χ4v) is 2.16. The zero-order valence-electron chi connectivity index (χ0n) is 12.7. The Labute approximate surface area is 125 Å². The zero-order chi connectivity index (χ0) is 15.4. The van der Waals surface area contributed by atoms with E-state index in [2.05, 4.69) is 29.6 Å². The summed E-state index contributed by atoms with van der Waals surface area (Å²) < 4.78 is 0. The first-order valence-electron chi connectivity index (χ1n) is 7.11. The number of phenolic OH excluding ortho intramolecular Hbond substituents is 1.